The van der Waals surface area contributed by atoms with E-state index in [0.29, 0.717) is 30.6 Å². The molecule has 1 aliphatic rings. The average Bonchev–Trinajstić information content (AvgIpc) is 3.02. The van der Waals surface area contributed by atoms with Crippen molar-refractivity contribution in [2.24, 2.45) is 0 Å². The van der Waals surface area contributed by atoms with Gasteiger partial charge < -0.3 is 14.5 Å². The molecule has 0 spiro atoms. The summed E-state index contributed by atoms with van der Waals surface area (Å²) in [5, 5.41) is 12.6. The number of carbonyl (C=O) groups excluding carboxylic acids is 1. The zero-order chi connectivity index (χ0) is 13.7. The quantitative estimate of drug-likeness (QED) is 0.834. The molecule has 0 bridgehead atoms. The summed E-state index contributed by atoms with van der Waals surface area (Å²) in [7, 11) is 0. The van der Waals surface area contributed by atoms with E-state index in [2.05, 4.69) is 10.1 Å². The fraction of sp³-hybridized carbons (Fsp3) is 0.769. The number of aliphatic hydroxyl groups is 1. The maximum Gasteiger partial charge on any atom is 0.227 e. The first-order chi connectivity index (χ1) is 9.20. The smallest absolute Gasteiger partial charge is 0.227 e. The number of hydrogen-bond donors (Lipinski definition) is 1. The second-order valence-electron chi connectivity index (χ2n) is 4.98. The van der Waals surface area contributed by atoms with Crippen molar-refractivity contribution in [3.63, 3.8) is 0 Å². The summed E-state index contributed by atoms with van der Waals surface area (Å²) in [5.74, 6) is 1.28. The molecule has 0 radical (unpaired) electrons. The topological polar surface area (TPSA) is 79.5 Å². The highest BCUT2D eigenvalue weighted by Gasteiger charge is 2.27. The van der Waals surface area contributed by atoms with Crippen molar-refractivity contribution in [2.45, 2.75) is 51.5 Å². The summed E-state index contributed by atoms with van der Waals surface area (Å²) in [6.45, 7) is 2.79. The molecular formula is C13H21N3O3. The highest BCUT2D eigenvalue weighted by molar-refractivity contribution is 5.77. The molecule has 1 N–H and O–H groups in total. The third kappa shape index (κ3) is 3.76. The van der Waals surface area contributed by atoms with Crippen molar-refractivity contribution in [2.75, 3.05) is 13.2 Å². The highest BCUT2D eigenvalue weighted by Crippen LogP contribution is 2.22. The molecule has 2 rings (SSSR count). The molecule has 1 fully saturated rings. The summed E-state index contributed by atoms with van der Waals surface area (Å²) in [6, 6.07) is 0.295. The number of nitrogens with zero attached hydrogens (tertiary/aromatic N) is 3. The number of aliphatic hydroxyl groups excluding tert-OH is 1. The van der Waals surface area contributed by atoms with Gasteiger partial charge in [-0.3, -0.25) is 4.79 Å². The van der Waals surface area contributed by atoms with Crippen LogP contribution in [0.2, 0.25) is 0 Å². The standard InChI is InChI=1S/C13H21N3O3/c1-10-14-12(19-15-10)6-7-13(18)16-8-2-4-11(16)5-3-9-17/h11,17H,2-9H2,1H3. The van der Waals surface area contributed by atoms with Gasteiger partial charge in [0.05, 0.1) is 0 Å². The monoisotopic (exact) mass is 267 g/mol. The van der Waals surface area contributed by atoms with Gasteiger partial charge in [0.2, 0.25) is 11.8 Å². The lowest BCUT2D eigenvalue weighted by atomic mass is 10.1. The van der Waals surface area contributed by atoms with Crippen molar-refractivity contribution in [3.05, 3.63) is 11.7 Å². The van der Waals surface area contributed by atoms with Crippen molar-refractivity contribution < 1.29 is 14.4 Å². The average molecular weight is 267 g/mol. The van der Waals surface area contributed by atoms with Gasteiger partial charge in [-0.2, -0.15) is 4.98 Å². The Balaban J connectivity index is 1.81. The molecule has 19 heavy (non-hydrogen) atoms. The van der Waals surface area contributed by atoms with Crippen LogP contribution in [-0.4, -0.2) is 45.2 Å². The SMILES string of the molecule is Cc1noc(CCC(=O)N2CCCC2CCCO)n1. The third-order valence-electron chi connectivity index (χ3n) is 3.52. The van der Waals surface area contributed by atoms with E-state index in [1.54, 1.807) is 6.92 Å². The summed E-state index contributed by atoms with van der Waals surface area (Å²) in [6.07, 6.45) is 4.67. The molecular weight excluding hydrogens is 246 g/mol. The Morgan fingerprint density at radius 2 is 2.42 bits per heavy atom. The predicted octanol–water partition coefficient (Wildman–Crippen LogP) is 1.07. The Bertz CT molecular complexity index is 419. The molecule has 1 unspecified atom stereocenters. The van der Waals surface area contributed by atoms with Gasteiger partial charge in [0.25, 0.3) is 0 Å². The zero-order valence-electron chi connectivity index (χ0n) is 11.3. The van der Waals surface area contributed by atoms with Crippen molar-refractivity contribution in [1.82, 2.24) is 15.0 Å². The lowest BCUT2D eigenvalue weighted by Gasteiger charge is -2.24. The maximum atomic E-state index is 12.2. The summed E-state index contributed by atoms with van der Waals surface area (Å²) >= 11 is 0. The van der Waals surface area contributed by atoms with Crippen LogP contribution in [0.5, 0.6) is 0 Å². The Morgan fingerprint density at radius 1 is 1.58 bits per heavy atom. The molecule has 6 heteroatoms. The number of amides is 1. The normalized spacial score (nSPS) is 19.1. The highest BCUT2D eigenvalue weighted by atomic mass is 16.5. The van der Waals surface area contributed by atoms with Crippen LogP contribution in [0.4, 0.5) is 0 Å². The van der Waals surface area contributed by atoms with Gasteiger partial charge in [0, 0.05) is 32.0 Å². The summed E-state index contributed by atoms with van der Waals surface area (Å²) in [5.41, 5.74) is 0. The van der Waals surface area contributed by atoms with Crippen LogP contribution in [0.15, 0.2) is 4.52 Å². The van der Waals surface area contributed by atoms with Gasteiger partial charge in [0.1, 0.15) is 0 Å². The van der Waals surface area contributed by atoms with Crippen LogP contribution in [0, 0.1) is 6.92 Å². The number of aryl methyl sites for hydroxylation is 2. The second-order valence-corrected chi connectivity index (χ2v) is 4.98. The minimum Gasteiger partial charge on any atom is -0.396 e. The van der Waals surface area contributed by atoms with Crippen molar-refractivity contribution in [1.29, 1.82) is 0 Å². The molecule has 6 nitrogen and oxygen atoms in total. The largest absolute Gasteiger partial charge is 0.396 e. The molecule has 1 aromatic heterocycles. The van der Waals surface area contributed by atoms with E-state index < -0.39 is 0 Å². The van der Waals surface area contributed by atoms with Crippen molar-refractivity contribution >= 4 is 5.91 Å². The number of likely N-dealkylation sites (tertiary alicyclic amines) is 1. The Hall–Kier alpha value is -1.43. The molecule has 1 saturated heterocycles. The molecule has 0 saturated carbocycles. The van der Waals surface area contributed by atoms with Crippen molar-refractivity contribution in [3.8, 4) is 0 Å². The molecule has 1 aliphatic heterocycles. The zero-order valence-corrected chi connectivity index (χ0v) is 11.3. The molecule has 0 aromatic carbocycles. The Labute approximate surface area is 112 Å². The minimum atomic E-state index is 0.149. The number of hydrogen-bond acceptors (Lipinski definition) is 5. The van der Waals surface area contributed by atoms with Crippen LogP contribution in [0.1, 0.15) is 43.8 Å². The van der Waals surface area contributed by atoms with E-state index in [4.69, 9.17) is 9.63 Å². The van der Waals surface area contributed by atoms with E-state index in [1.165, 1.54) is 0 Å². The maximum absolute atomic E-state index is 12.2. The Kier molecular flexibility index (Phi) is 4.90. The van der Waals surface area contributed by atoms with Gasteiger partial charge >= 0.3 is 0 Å². The first-order valence-electron chi connectivity index (χ1n) is 6.90. The van der Waals surface area contributed by atoms with E-state index in [0.717, 1.165) is 32.2 Å². The van der Waals surface area contributed by atoms with E-state index in [-0.39, 0.29) is 12.5 Å². The number of carbonyl (C=O) groups is 1. The van der Waals surface area contributed by atoms with E-state index in [1.807, 2.05) is 4.90 Å². The van der Waals surface area contributed by atoms with E-state index >= 15 is 0 Å². The molecule has 2 heterocycles. The van der Waals surface area contributed by atoms with Gasteiger partial charge in [-0.15, -0.1) is 0 Å². The van der Waals surface area contributed by atoms with Crippen LogP contribution in [0.25, 0.3) is 0 Å². The molecule has 1 amide bonds. The lowest BCUT2D eigenvalue weighted by Crippen LogP contribution is -2.35. The lowest BCUT2D eigenvalue weighted by molar-refractivity contribution is -0.132. The molecule has 106 valence electrons. The number of rotatable bonds is 6. The Morgan fingerprint density at radius 3 is 3.11 bits per heavy atom. The molecule has 1 atom stereocenters. The molecule has 1 aromatic rings. The first-order valence-corrected chi connectivity index (χ1v) is 6.90. The summed E-state index contributed by atoms with van der Waals surface area (Å²) in [4.78, 5) is 18.2. The van der Waals surface area contributed by atoms with Crippen LogP contribution in [-0.2, 0) is 11.2 Å². The van der Waals surface area contributed by atoms with Gasteiger partial charge in [0.15, 0.2) is 5.82 Å². The van der Waals surface area contributed by atoms with Gasteiger partial charge in [-0.05, 0) is 32.6 Å². The minimum absolute atomic E-state index is 0.149. The third-order valence-corrected chi connectivity index (χ3v) is 3.52. The fourth-order valence-corrected chi connectivity index (χ4v) is 2.59. The molecule has 0 aliphatic carbocycles. The summed E-state index contributed by atoms with van der Waals surface area (Å²) < 4.78 is 5.00. The van der Waals surface area contributed by atoms with Gasteiger partial charge in [-0.25, -0.2) is 0 Å². The second kappa shape index (κ2) is 6.65. The predicted molar refractivity (Wildman–Crippen MR) is 68.4 cm³/mol. The van der Waals surface area contributed by atoms with E-state index in [9.17, 15) is 4.79 Å². The number of aromatic nitrogens is 2. The van der Waals surface area contributed by atoms with Crippen LogP contribution >= 0.6 is 0 Å². The fourth-order valence-electron chi connectivity index (χ4n) is 2.59. The van der Waals surface area contributed by atoms with Gasteiger partial charge in [-0.1, -0.05) is 5.16 Å². The van der Waals surface area contributed by atoms with Crippen LogP contribution < -0.4 is 0 Å². The first kappa shape index (κ1) is 14.0. The van der Waals surface area contributed by atoms with Crippen LogP contribution in [0.3, 0.4) is 0 Å².